The van der Waals surface area contributed by atoms with Gasteiger partial charge in [0.15, 0.2) is 0 Å². The maximum absolute atomic E-state index is 10.7. The third-order valence-electron chi connectivity index (χ3n) is 2.36. The fraction of sp³-hybridized carbons (Fsp3) is 0.333. The van der Waals surface area contributed by atoms with E-state index in [4.69, 9.17) is 10.2 Å². The van der Waals surface area contributed by atoms with Crippen LogP contribution in [-0.2, 0) is 9.59 Å². The Morgan fingerprint density at radius 1 is 0.773 bits per heavy atom. The molecular weight excluding hydrogens is 368 g/mol. The summed E-state index contributed by atoms with van der Waals surface area (Å²) in [5, 5.41) is 38.3. The number of aromatic hydroxyl groups is 2. The van der Waals surface area contributed by atoms with E-state index in [1.807, 2.05) is 0 Å². The van der Waals surface area contributed by atoms with Gasteiger partial charge in [-0.1, -0.05) is 0 Å². The van der Waals surface area contributed by atoms with E-state index in [2.05, 4.69) is 0 Å². The lowest BCUT2D eigenvalue weighted by molar-refractivity contribution is -0.135. The summed E-state index contributed by atoms with van der Waals surface area (Å²) < 4.78 is 0. The highest BCUT2D eigenvalue weighted by atomic mass is 32.2. The van der Waals surface area contributed by atoms with Gasteiger partial charge >= 0.3 is 11.9 Å². The van der Waals surface area contributed by atoms with Crippen molar-refractivity contribution in [3.05, 3.63) is 0 Å². The molecule has 0 unspecified atom stereocenters. The summed E-state index contributed by atoms with van der Waals surface area (Å²) in [7, 11) is 0. The van der Waals surface area contributed by atoms with E-state index in [9.17, 15) is 19.8 Å². The van der Waals surface area contributed by atoms with E-state index in [0.717, 1.165) is 23.5 Å². The van der Waals surface area contributed by atoms with Gasteiger partial charge in [0.25, 0.3) is 0 Å². The summed E-state index contributed by atoms with van der Waals surface area (Å²) in [6.45, 7) is 0. The normalized spacial score (nSPS) is 10.6. The van der Waals surface area contributed by atoms with Crippen LogP contribution in [0.25, 0.3) is 0 Å². The van der Waals surface area contributed by atoms with Crippen molar-refractivity contribution in [3.8, 4) is 11.5 Å². The zero-order chi connectivity index (χ0) is 16.9. The Kier molecular flexibility index (Phi) is 7.60. The van der Waals surface area contributed by atoms with Crippen molar-refractivity contribution in [1.29, 1.82) is 0 Å². The summed E-state index contributed by atoms with van der Waals surface area (Å²) in [4.78, 5) is 22.8. The number of benzene rings is 1. The molecule has 22 heavy (non-hydrogen) atoms. The van der Waals surface area contributed by atoms with E-state index in [1.165, 1.54) is 23.5 Å². The molecule has 0 aliphatic heterocycles. The van der Waals surface area contributed by atoms with Gasteiger partial charge in [-0.05, 0) is 12.5 Å². The van der Waals surface area contributed by atoms with Crippen molar-refractivity contribution in [2.24, 2.45) is 0 Å². The van der Waals surface area contributed by atoms with E-state index in [-0.39, 0.29) is 32.8 Å². The molecule has 6 nitrogen and oxygen atoms in total. The van der Waals surface area contributed by atoms with Crippen LogP contribution >= 0.6 is 47.0 Å². The summed E-state index contributed by atoms with van der Waals surface area (Å²) in [6.07, 6.45) is 3.45. The number of carboxylic acids is 2. The first kappa shape index (κ1) is 19.2. The highest BCUT2D eigenvalue weighted by Gasteiger charge is 2.24. The van der Waals surface area contributed by atoms with E-state index >= 15 is 0 Å². The second-order valence-electron chi connectivity index (χ2n) is 3.79. The van der Waals surface area contributed by atoms with Crippen molar-refractivity contribution in [2.75, 3.05) is 24.0 Å². The number of rotatable bonds is 8. The quantitative estimate of drug-likeness (QED) is 0.395. The van der Waals surface area contributed by atoms with Gasteiger partial charge in [-0.15, -0.1) is 47.0 Å². The average Bonchev–Trinajstić information content (AvgIpc) is 2.45. The number of hydrogen-bond donors (Lipinski definition) is 4. The minimum Gasteiger partial charge on any atom is -0.506 e. The number of phenolic OH excluding ortho intramolecular Hbond substituents is 2. The molecule has 1 aromatic carbocycles. The number of thioether (sulfide) groups is 4. The smallest absolute Gasteiger partial charge is 0.313 e. The maximum atomic E-state index is 10.7. The van der Waals surface area contributed by atoms with Gasteiger partial charge in [-0.2, -0.15) is 0 Å². The molecule has 0 saturated heterocycles. The SMILES string of the molecule is CSc1c(O)c(SCC(=O)O)c(SCC(=O)O)c(O)c1SC. The molecule has 0 aliphatic carbocycles. The summed E-state index contributed by atoms with van der Waals surface area (Å²) in [5.74, 6) is -3.02. The number of hydrogen-bond acceptors (Lipinski definition) is 8. The highest BCUT2D eigenvalue weighted by molar-refractivity contribution is 8.03. The van der Waals surface area contributed by atoms with Crippen LogP contribution in [-0.4, -0.2) is 56.4 Å². The number of carbonyl (C=O) groups is 2. The van der Waals surface area contributed by atoms with E-state index < -0.39 is 11.9 Å². The monoisotopic (exact) mass is 382 g/mol. The van der Waals surface area contributed by atoms with Crippen LogP contribution in [0.2, 0.25) is 0 Å². The Labute approximate surface area is 144 Å². The predicted molar refractivity (Wildman–Crippen MR) is 90.1 cm³/mol. The average molecular weight is 383 g/mol. The Balaban J connectivity index is 3.43. The van der Waals surface area contributed by atoms with Gasteiger partial charge in [0.1, 0.15) is 11.5 Å². The molecule has 0 bridgehead atoms. The Morgan fingerprint density at radius 2 is 1.09 bits per heavy atom. The minimum atomic E-state index is -1.07. The predicted octanol–water partition coefficient (Wildman–Crippen LogP) is 2.89. The third-order valence-corrected chi connectivity index (χ3v) is 6.39. The first-order chi connectivity index (χ1) is 10.3. The molecule has 1 rings (SSSR count). The molecule has 1 aromatic rings. The molecule has 10 heteroatoms. The van der Waals surface area contributed by atoms with E-state index in [0.29, 0.717) is 9.79 Å². The van der Waals surface area contributed by atoms with Gasteiger partial charge < -0.3 is 20.4 Å². The van der Waals surface area contributed by atoms with Gasteiger partial charge in [0.2, 0.25) is 0 Å². The second kappa shape index (κ2) is 8.70. The van der Waals surface area contributed by atoms with Gasteiger partial charge in [0, 0.05) is 0 Å². The summed E-state index contributed by atoms with van der Waals surface area (Å²) >= 11 is 4.15. The fourth-order valence-corrected chi connectivity index (χ4v) is 5.16. The first-order valence-electron chi connectivity index (χ1n) is 5.72. The zero-order valence-electron chi connectivity index (χ0n) is 11.7. The van der Waals surface area contributed by atoms with Crippen molar-refractivity contribution in [3.63, 3.8) is 0 Å². The molecule has 0 saturated carbocycles. The van der Waals surface area contributed by atoms with Gasteiger partial charge in [0.05, 0.1) is 31.1 Å². The van der Waals surface area contributed by atoms with Crippen LogP contribution in [0.1, 0.15) is 0 Å². The van der Waals surface area contributed by atoms with E-state index in [1.54, 1.807) is 12.5 Å². The maximum Gasteiger partial charge on any atom is 0.313 e. The molecule has 0 spiro atoms. The summed E-state index contributed by atoms with van der Waals surface area (Å²) in [5.41, 5.74) is 0. The molecule has 0 aromatic heterocycles. The lowest BCUT2D eigenvalue weighted by Gasteiger charge is -2.18. The molecule has 0 atom stereocenters. The third kappa shape index (κ3) is 4.58. The number of aliphatic carboxylic acids is 2. The Bertz CT molecular complexity index is 539. The molecule has 0 radical (unpaired) electrons. The van der Waals surface area contributed by atoms with Gasteiger partial charge in [-0.25, -0.2) is 0 Å². The fourth-order valence-electron chi connectivity index (χ4n) is 1.55. The van der Waals surface area contributed by atoms with Gasteiger partial charge in [-0.3, -0.25) is 9.59 Å². The Morgan fingerprint density at radius 3 is 1.32 bits per heavy atom. The van der Waals surface area contributed by atoms with Crippen LogP contribution < -0.4 is 0 Å². The summed E-state index contributed by atoms with van der Waals surface area (Å²) in [6, 6.07) is 0. The van der Waals surface area contributed by atoms with Crippen LogP contribution in [0.5, 0.6) is 11.5 Å². The zero-order valence-corrected chi connectivity index (χ0v) is 14.9. The van der Waals surface area contributed by atoms with Crippen LogP contribution in [0, 0.1) is 0 Å². The van der Waals surface area contributed by atoms with Crippen molar-refractivity contribution in [2.45, 2.75) is 19.6 Å². The molecule has 0 heterocycles. The molecule has 0 aliphatic rings. The second-order valence-corrected chi connectivity index (χ2v) is 7.39. The molecule has 122 valence electrons. The molecular formula is C12H14O6S4. The van der Waals surface area contributed by atoms with Crippen LogP contribution in [0.15, 0.2) is 19.6 Å². The lowest BCUT2D eigenvalue weighted by Crippen LogP contribution is -2.01. The van der Waals surface area contributed by atoms with Crippen LogP contribution in [0.4, 0.5) is 0 Å². The van der Waals surface area contributed by atoms with Crippen molar-refractivity contribution >= 4 is 59.0 Å². The topological polar surface area (TPSA) is 115 Å². The van der Waals surface area contributed by atoms with Crippen LogP contribution in [0.3, 0.4) is 0 Å². The standard InChI is InChI=1S/C12H14O6S4/c1-19-9-7(17)11(21-3-5(13)14)12(22-4-6(15)16)8(18)10(9)20-2/h17-18H,3-4H2,1-2H3,(H,13,14)(H,15,16). The number of phenols is 2. The first-order valence-corrected chi connectivity index (χ1v) is 10.1. The molecule has 4 N–H and O–H groups in total. The molecule has 0 amide bonds. The lowest BCUT2D eigenvalue weighted by atomic mass is 10.3. The largest absolute Gasteiger partial charge is 0.506 e. The van der Waals surface area contributed by atoms with Crippen molar-refractivity contribution < 1.29 is 30.0 Å². The number of carboxylic acid groups (broad SMARTS) is 2. The Hall–Kier alpha value is -0.840. The molecule has 0 fully saturated rings. The minimum absolute atomic E-state index is 0.131. The van der Waals surface area contributed by atoms with Crippen molar-refractivity contribution in [1.82, 2.24) is 0 Å². The highest BCUT2D eigenvalue weighted by Crippen LogP contribution is 2.53.